The summed E-state index contributed by atoms with van der Waals surface area (Å²) in [6, 6.07) is 27.8. The average Bonchev–Trinajstić information content (AvgIpc) is 3.15. The molecule has 0 unspecified atom stereocenters. The SMILES string of the molecule is Cn1c(-c2ccccc2)c(C(=O)COC(=O)c2cc3ccccc3cc2O)c2ccccc21. The number of hydrogen-bond donors (Lipinski definition) is 1. The monoisotopic (exact) mass is 435 g/mol. The smallest absolute Gasteiger partial charge is 0.342 e. The summed E-state index contributed by atoms with van der Waals surface area (Å²) in [5, 5.41) is 12.7. The maximum atomic E-state index is 13.3. The van der Waals surface area contributed by atoms with Gasteiger partial charge in [0.2, 0.25) is 5.78 Å². The lowest BCUT2D eigenvalue weighted by molar-refractivity contribution is 0.0472. The normalized spacial score (nSPS) is 11.1. The molecule has 5 aromatic rings. The number of benzene rings is 4. The number of para-hydroxylation sites is 1. The van der Waals surface area contributed by atoms with Crippen LogP contribution in [0.5, 0.6) is 5.75 Å². The summed E-state index contributed by atoms with van der Waals surface area (Å²) in [7, 11) is 1.92. The standard InChI is InChI=1S/C28H21NO4/c1-29-23-14-8-7-13-21(23)26(27(29)18-9-3-2-4-10-18)25(31)17-33-28(32)22-15-19-11-5-6-12-20(19)16-24(22)30/h2-16,30H,17H2,1H3. The molecule has 0 fully saturated rings. The number of esters is 1. The number of ketones is 1. The molecule has 0 spiro atoms. The number of fused-ring (bicyclic) bond motifs is 2. The number of phenolic OH excluding ortho intramolecular Hbond substituents is 1. The molecule has 0 aliphatic heterocycles. The fourth-order valence-corrected chi connectivity index (χ4v) is 4.28. The Morgan fingerprint density at radius 3 is 2.24 bits per heavy atom. The third-order valence-corrected chi connectivity index (χ3v) is 5.85. The van der Waals surface area contributed by atoms with Crippen LogP contribution < -0.4 is 0 Å². The lowest BCUT2D eigenvalue weighted by Gasteiger charge is -2.10. The van der Waals surface area contributed by atoms with E-state index in [1.807, 2.05) is 90.5 Å². The average molecular weight is 435 g/mol. The summed E-state index contributed by atoms with van der Waals surface area (Å²) in [5.41, 5.74) is 3.13. The fourth-order valence-electron chi connectivity index (χ4n) is 4.28. The summed E-state index contributed by atoms with van der Waals surface area (Å²) >= 11 is 0. The molecular weight excluding hydrogens is 414 g/mol. The molecule has 1 heterocycles. The highest BCUT2D eigenvalue weighted by molar-refractivity contribution is 6.14. The molecular formula is C28H21NO4. The molecule has 5 nitrogen and oxygen atoms in total. The van der Waals surface area contributed by atoms with Crippen LogP contribution in [0.2, 0.25) is 0 Å². The number of nitrogens with zero attached hydrogens (tertiary/aromatic N) is 1. The van der Waals surface area contributed by atoms with Gasteiger partial charge in [0.15, 0.2) is 6.61 Å². The summed E-state index contributed by atoms with van der Waals surface area (Å²) in [6.07, 6.45) is 0. The largest absolute Gasteiger partial charge is 0.507 e. The third-order valence-electron chi connectivity index (χ3n) is 5.85. The predicted octanol–water partition coefficient (Wildman–Crippen LogP) is 5.74. The van der Waals surface area contributed by atoms with E-state index >= 15 is 0 Å². The molecule has 0 aliphatic carbocycles. The zero-order chi connectivity index (χ0) is 22.9. The minimum Gasteiger partial charge on any atom is -0.507 e. The van der Waals surface area contributed by atoms with Crippen LogP contribution in [0.25, 0.3) is 32.9 Å². The molecule has 0 amide bonds. The molecule has 5 rings (SSSR count). The van der Waals surface area contributed by atoms with Crippen LogP contribution in [0.3, 0.4) is 0 Å². The second-order valence-electron chi connectivity index (χ2n) is 7.88. The molecule has 4 aromatic carbocycles. The molecule has 0 saturated heterocycles. The van der Waals surface area contributed by atoms with Crippen LogP contribution in [0.4, 0.5) is 0 Å². The van der Waals surface area contributed by atoms with Crippen molar-refractivity contribution in [2.45, 2.75) is 0 Å². The number of carbonyl (C=O) groups excluding carboxylic acids is 2. The van der Waals surface area contributed by atoms with E-state index in [0.29, 0.717) is 5.56 Å². The van der Waals surface area contributed by atoms with Crippen molar-refractivity contribution in [1.82, 2.24) is 4.57 Å². The highest BCUT2D eigenvalue weighted by atomic mass is 16.5. The molecule has 0 radical (unpaired) electrons. The number of aromatic hydroxyl groups is 1. The Labute approximate surface area is 190 Å². The summed E-state index contributed by atoms with van der Waals surface area (Å²) in [5.74, 6) is -1.23. The summed E-state index contributed by atoms with van der Waals surface area (Å²) < 4.78 is 7.35. The Morgan fingerprint density at radius 1 is 0.848 bits per heavy atom. The van der Waals surface area contributed by atoms with E-state index in [0.717, 1.165) is 32.9 Å². The van der Waals surface area contributed by atoms with Gasteiger partial charge in [-0.15, -0.1) is 0 Å². The molecule has 33 heavy (non-hydrogen) atoms. The van der Waals surface area contributed by atoms with Gasteiger partial charge in [-0.05, 0) is 34.5 Å². The topological polar surface area (TPSA) is 68.5 Å². The first kappa shape index (κ1) is 20.5. The van der Waals surface area contributed by atoms with Crippen LogP contribution in [-0.2, 0) is 11.8 Å². The van der Waals surface area contributed by atoms with Crippen molar-refractivity contribution in [3.8, 4) is 17.0 Å². The van der Waals surface area contributed by atoms with Gasteiger partial charge in [0.1, 0.15) is 11.3 Å². The summed E-state index contributed by atoms with van der Waals surface area (Å²) in [4.78, 5) is 26.1. The number of rotatable bonds is 5. The molecule has 0 aliphatic rings. The Morgan fingerprint density at radius 2 is 1.48 bits per heavy atom. The number of phenols is 1. The molecule has 1 N–H and O–H groups in total. The van der Waals surface area contributed by atoms with Crippen molar-refractivity contribution in [3.05, 3.63) is 102 Å². The third kappa shape index (κ3) is 3.64. The zero-order valence-corrected chi connectivity index (χ0v) is 18.0. The van der Waals surface area contributed by atoms with Crippen molar-refractivity contribution >= 4 is 33.4 Å². The maximum Gasteiger partial charge on any atom is 0.342 e. The minimum absolute atomic E-state index is 0.0303. The quantitative estimate of drug-likeness (QED) is 0.282. The highest BCUT2D eigenvalue weighted by Crippen LogP contribution is 2.33. The zero-order valence-electron chi connectivity index (χ0n) is 18.0. The Bertz CT molecular complexity index is 1520. The number of aryl methyl sites for hydroxylation is 1. The van der Waals surface area contributed by atoms with Crippen molar-refractivity contribution in [2.75, 3.05) is 6.61 Å². The second kappa shape index (κ2) is 8.28. The van der Waals surface area contributed by atoms with Gasteiger partial charge >= 0.3 is 5.97 Å². The van der Waals surface area contributed by atoms with E-state index < -0.39 is 12.6 Å². The molecule has 5 heteroatoms. The fraction of sp³-hybridized carbons (Fsp3) is 0.0714. The first-order chi connectivity index (χ1) is 16.0. The number of hydrogen-bond acceptors (Lipinski definition) is 4. The Hall–Kier alpha value is -4.38. The molecule has 0 saturated carbocycles. The Kier molecular flexibility index (Phi) is 5.15. The van der Waals surface area contributed by atoms with Crippen molar-refractivity contribution in [2.24, 2.45) is 7.05 Å². The van der Waals surface area contributed by atoms with Crippen molar-refractivity contribution in [3.63, 3.8) is 0 Å². The van der Waals surface area contributed by atoms with Gasteiger partial charge in [0, 0.05) is 18.0 Å². The number of aromatic nitrogens is 1. The minimum atomic E-state index is -0.742. The van der Waals surface area contributed by atoms with Crippen LogP contribution >= 0.6 is 0 Å². The van der Waals surface area contributed by atoms with Crippen LogP contribution in [0.15, 0.2) is 91.0 Å². The molecule has 0 atom stereocenters. The van der Waals surface area contributed by atoms with Gasteiger partial charge in [-0.2, -0.15) is 0 Å². The maximum absolute atomic E-state index is 13.3. The lowest BCUT2D eigenvalue weighted by atomic mass is 10.0. The van der Waals surface area contributed by atoms with E-state index in [1.165, 1.54) is 6.07 Å². The van der Waals surface area contributed by atoms with Crippen LogP contribution in [0, 0.1) is 0 Å². The van der Waals surface area contributed by atoms with E-state index in [1.54, 1.807) is 6.07 Å². The van der Waals surface area contributed by atoms with Gasteiger partial charge in [-0.1, -0.05) is 72.8 Å². The molecule has 162 valence electrons. The summed E-state index contributed by atoms with van der Waals surface area (Å²) in [6.45, 7) is -0.432. The molecule has 1 aromatic heterocycles. The number of ether oxygens (including phenoxy) is 1. The first-order valence-electron chi connectivity index (χ1n) is 10.6. The number of Topliss-reactive ketones (excluding diaryl/α,β-unsaturated/α-hetero) is 1. The highest BCUT2D eigenvalue weighted by Gasteiger charge is 2.24. The second-order valence-corrected chi connectivity index (χ2v) is 7.88. The predicted molar refractivity (Wildman–Crippen MR) is 129 cm³/mol. The lowest BCUT2D eigenvalue weighted by Crippen LogP contribution is -2.15. The first-order valence-corrected chi connectivity index (χ1v) is 10.6. The van der Waals surface area contributed by atoms with E-state index in [-0.39, 0.29) is 17.1 Å². The van der Waals surface area contributed by atoms with Crippen LogP contribution in [0.1, 0.15) is 20.7 Å². The van der Waals surface area contributed by atoms with Gasteiger partial charge in [-0.25, -0.2) is 4.79 Å². The van der Waals surface area contributed by atoms with E-state index in [9.17, 15) is 14.7 Å². The van der Waals surface area contributed by atoms with Gasteiger partial charge in [0.05, 0.1) is 11.3 Å². The van der Waals surface area contributed by atoms with Crippen molar-refractivity contribution in [1.29, 1.82) is 0 Å². The van der Waals surface area contributed by atoms with Crippen molar-refractivity contribution < 1.29 is 19.4 Å². The Balaban J connectivity index is 1.48. The van der Waals surface area contributed by atoms with Gasteiger partial charge < -0.3 is 14.4 Å². The van der Waals surface area contributed by atoms with E-state index in [2.05, 4.69) is 0 Å². The van der Waals surface area contributed by atoms with Gasteiger partial charge in [0.25, 0.3) is 0 Å². The van der Waals surface area contributed by atoms with Gasteiger partial charge in [-0.3, -0.25) is 4.79 Å². The number of carbonyl (C=O) groups is 2. The van der Waals surface area contributed by atoms with E-state index in [4.69, 9.17) is 4.74 Å². The van der Waals surface area contributed by atoms with Crippen LogP contribution in [-0.4, -0.2) is 28.0 Å². The molecule has 0 bridgehead atoms.